The van der Waals surface area contributed by atoms with Crippen molar-refractivity contribution in [1.82, 2.24) is 5.32 Å². The third-order valence-electron chi connectivity index (χ3n) is 7.12. The highest BCUT2D eigenvalue weighted by atomic mass is 16.6. The van der Waals surface area contributed by atoms with Crippen LogP contribution < -0.4 is 5.32 Å². The van der Waals surface area contributed by atoms with Crippen molar-refractivity contribution in [3.05, 3.63) is 60.2 Å². The van der Waals surface area contributed by atoms with E-state index in [0.29, 0.717) is 18.4 Å². The minimum Gasteiger partial charge on any atom is -0.480 e. The molecule has 166 valence electrons. The van der Waals surface area contributed by atoms with E-state index in [1.54, 1.807) is 0 Å². The summed E-state index contributed by atoms with van der Waals surface area (Å²) in [6.45, 7) is 8.21. The molecule has 0 amide bonds. The molecule has 2 aliphatic carbocycles. The quantitative estimate of drug-likeness (QED) is 0.399. The van der Waals surface area contributed by atoms with Crippen molar-refractivity contribution in [2.45, 2.75) is 43.6 Å². The number of benzene rings is 1. The number of rotatable bonds is 6. The van der Waals surface area contributed by atoms with Gasteiger partial charge in [-0.2, -0.15) is 0 Å². The summed E-state index contributed by atoms with van der Waals surface area (Å²) >= 11 is 0. The summed E-state index contributed by atoms with van der Waals surface area (Å²) in [6, 6.07) is 8.40. The highest BCUT2D eigenvalue weighted by Crippen LogP contribution is 2.52. The zero-order valence-electron chi connectivity index (χ0n) is 17.3. The summed E-state index contributed by atoms with van der Waals surface area (Å²) in [7, 11) is 0. The molecule has 1 aromatic carbocycles. The fraction of sp³-hybridized carbons (Fsp3) is 0.500. The molecule has 4 N–H and O–H groups in total. The van der Waals surface area contributed by atoms with E-state index < -0.39 is 48.1 Å². The Balaban J connectivity index is 1.52. The number of carbonyl (C=O) groups excluding carboxylic acids is 1. The van der Waals surface area contributed by atoms with Crippen LogP contribution in [-0.4, -0.2) is 58.2 Å². The van der Waals surface area contributed by atoms with Gasteiger partial charge in [0.15, 0.2) is 0 Å². The number of carboxylic acids is 1. The third-order valence-corrected chi connectivity index (χ3v) is 7.12. The van der Waals surface area contributed by atoms with Gasteiger partial charge in [-0.05, 0) is 36.3 Å². The van der Waals surface area contributed by atoms with Gasteiger partial charge in [0.25, 0.3) is 0 Å². The van der Waals surface area contributed by atoms with E-state index in [1.807, 2.05) is 30.3 Å². The topological polar surface area (TPSA) is 116 Å². The molecule has 3 aliphatic rings. The van der Waals surface area contributed by atoms with Crippen LogP contribution in [0, 0.1) is 23.7 Å². The molecule has 1 saturated heterocycles. The number of nitrogens with one attached hydrogen (secondary N) is 1. The molecule has 0 radical (unpaired) electrons. The average molecular weight is 427 g/mol. The Morgan fingerprint density at radius 2 is 1.94 bits per heavy atom. The number of aliphatic carboxylic acids is 1. The number of fused-ring (bicyclic) bond motifs is 3. The molecular weight excluding hydrogens is 398 g/mol. The maximum atomic E-state index is 12.8. The number of esters is 1. The van der Waals surface area contributed by atoms with Crippen LogP contribution in [0.15, 0.2) is 54.6 Å². The van der Waals surface area contributed by atoms with Gasteiger partial charge in [-0.15, -0.1) is 0 Å². The molecule has 1 aliphatic heterocycles. The van der Waals surface area contributed by atoms with Gasteiger partial charge in [0.05, 0.1) is 18.1 Å². The Morgan fingerprint density at radius 1 is 1.23 bits per heavy atom. The van der Waals surface area contributed by atoms with E-state index in [-0.39, 0.29) is 24.8 Å². The SMILES string of the molecule is C=C1[C@@H]2[C@@H]3OC(=O)[C@@H](CN[C@@H](Cc4ccccc4)C(=O)O)[C@@H]3[C@@H](O)CC(=C)[C@@H]2C[C@@H]1O. The average Bonchev–Trinajstić information content (AvgIpc) is 3.18. The highest BCUT2D eigenvalue weighted by Gasteiger charge is 2.57. The Hall–Kier alpha value is -2.48. The molecule has 0 spiro atoms. The summed E-state index contributed by atoms with van der Waals surface area (Å²) in [5.74, 6) is -3.02. The van der Waals surface area contributed by atoms with Gasteiger partial charge < -0.3 is 25.4 Å². The molecule has 3 fully saturated rings. The van der Waals surface area contributed by atoms with E-state index >= 15 is 0 Å². The van der Waals surface area contributed by atoms with Gasteiger partial charge in [-0.1, -0.05) is 49.1 Å². The van der Waals surface area contributed by atoms with Crippen LogP contribution in [0.1, 0.15) is 18.4 Å². The molecule has 0 bridgehead atoms. The van der Waals surface area contributed by atoms with Gasteiger partial charge in [0, 0.05) is 18.4 Å². The first kappa shape index (κ1) is 21.7. The standard InChI is InChI=1S/C24H29NO6/c1-12-8-19(27)21-16(11-25-17(23(28)29)9-14-6-4-3-5-7-14)24(30)31-22(21)20-13(2)18(26)10-15(12)20/h3-7,15-22,25-27H,1-2,8-11H2,(H,28,29)/t15-,16-,17-,18-,19-,20-,21+,22-/m0/s1. The van der Waals surface area contributed by atoms with Gasteiger partial charge in [0.1, 0.15) is 12.1 Å². The Kier molecular flexibility index (Phi) is 6.01. The van der Waals surface area contributed by atoms with E-state index in [9.17, 15) is 24.9 Å². The van der Waals surface area contributed by atoms with Gasteiger partial charge >= 0.3 is 11.9 Å². The Labute approximate surface area is 181 Å². The summed E-state index contributed by atoms with van der Waals surface area (Å²) in [5, 5.41) is 33.9. The number of carboxylic acid groups (broad SMARTS) is 1. The van der Waals surface area contributed by atoms with E-state index in [2.05, 4.69) is 18.5 Å². The van der Waals surface area contributed by atoms with Crippen LogP contribution in [0.5, 0.6) is 0 Å². The molecule has 7 heteroatoms. The van der Waals surface area contributed by atoms with Crippen molar-refractivity contribution >= 4 is 11.9 Å². The number of carbonyl (C=O) groups is 2. The smallest absolute Gasteiger partial charge is 0.321 e. The molecular formula is C24H29NO6. The van der Waals surface area contributed by atoms with Gasteiger partial charge in [0.2, 0.25) is 0 Å². The zero-order valence-corrected chi connectivity index (χ0v) is 17.3. The van der Waals surface area contributed by atoms with Crippen LogP contribution >= 0.6 is 0 Å². The normalized spacial score (nSPS) is 35.8. The number of aliphatic hydroxyl groups excluding tert-OH is 2. The molecule has 2 saturated carbocycles. The predicted molar refractivity (Wildman–Crippen MR) is 113 cm³/mol. The second-order valence-electron chi connectivity index (χ2n) is 8.96. The minimum absolute atomic E-state index is 0.0831. The van der Waals surface area contributed by atoms with Crippen molar-refractivity contribution in [2.24, 2.45) is 23.7 Å². The molecule has 4 rings (SSSR count). The first-order chi connectivity index (χ1) is 14.8. The fourth-order valence-electron chi connectivity index (χ4n) is 5.51. The summed E-state index contributed by atoms with van der Waals surface area (Å²) in [6.07, 6.45) is -1.04. The monoisotopic (exact) mass is 427 g/mol. The summed E-state index contributed by atoms with van der Waals surface area (Å²) < 4.78 is 5.72. The van der Waals surface area contributed by atoms with Crippen molar-refractivity contribution in [2.75, 3.05) is 6.54 Å². The maximum absolute atomic E-state index is 12.8. The summed E-state index contributed by atoms with van der Waals surface area (Å²) in [4.78, 5) is 24.5. The zero-order chi connectivity index (χ0) is 22.3. The van der Waals surface area contributed by atoms with Crippen LogP contribution in [0.3, 0.4) is 0 Å². The predicted octanol–water partition coefficient (Wildman–Crippen LogP) is 1.30. The first-order valence-corrected chi connectivity index (χ1v) is 10.7. The lowest BCUT2D eigenvalue weighted by Gasteiger charge is -2.28. The second-order valence-corrected chi connectivity index (χ2v) is 8.96. The van der Waals surface area contributed by atoms with Crippen LogP contribution in [-0.2, 0) is 20.7 Å². The molecule has 1 heterocycles. The second kappa shape index (κ2) is 8.57. The lowest BCUT2D eigenvalue weighted by Crippen LogP contribution is -2.45. The van der Waals surface area contributed by atoms with Crippen molar-refractivity contribution < 1.29 is 29.6 Å². The largest absolute Gasteiger partial charge is 0.480 e. The van der Waals surface area contributed by atoms with Crippen LogP contribution in [0.25, 0.3) is 0 Å². The van der Waals surface area contributed by atoms with E-state index in [4.69, 9.17) is 4.74 Å². The van der Waals surface area contributed by atoms with Crippen LogP contribution in [0.2, 0.25) is 0 Å². The lowest BCUT2D eigenvalue weighted by atomic mass is 9.78. The van der Waals surface area contributed by atoms with E-state index in [0.717, 1.165) is 11.1 Å². The summed E-state index contributed by atoms with van der Waals surface area (Å²) in [5.41, 5.74) is 2.32. The minimum atomic E-state index is -1.01. The molecule has 8 atom stereocenters. The van der Waals surface area contributed by atoms with Crippen molar-refractivity contribution in [3.8, 4) is 0 Å². The van der Waals surface area contributed by atoms with Gasteiger partial charge in [-0.3, -0.25) is 9.59 Å². The number of hydrogen-bond donors (Lipinski definition) is 4. The molecule has 1 aromatic rings. The maximum Gasteiger partial charge on any atom is 0.321 e. The fourth-order valence-corrected chi connectivity index (χ4v) is 5.51. The van der Waals surface area contributed by atoms with Crippen LogP contribution in [0.4, 0.5) is 0 Å². The molecule has 7 nitrogen and oxygen atoms in total. The first-order valence-electron chi connectivity index (χ1n) is 10.7. The van der Waals surface area contributed by atoms with E-state index in [1.165, 1.54) is 0 Å². The van der Waals surface area contributed by atoms with Gasteiger partial charge in [-0.25, -0.2) is 0 Å². The molecule has 31 heavy (non-hydrogen) atoms. The molecule has 0 unspecified atom stereocenters. The third kappa shape index (κ3) is 4.05. The number of aliphatic hydroxyl groups is 2. The highest BCUT2D eigenvalue weighted by molar-refractivity contribution is 5.77. The Morgan fingerprint density at radius 3 is 2.61 bits per heavy atom. The lowest BCUT2D eigenvalue weighted by molar-refractivity contribution is -0.146. The number of hydrogen-bond acceptors (Lipinski definition) is 6. The Bertz CT molecular complexity index is 883. The number of ether oxygens (including phenoxy) is 1. The van der Waals surface area contributed by atoms with Crippen molar-refractivity contribution in [3.63, 3.8) is 0 Å². The molecule has 0 aromatic heterocycles. The van der Waals surface area contributed by atoms with Crippen molar-refractivity contribution in [1.29, 1.82) is 0 Å².